The van der Waals surface area contributed by atoms with Crippen molar-refractivity contribution in [2.24, 2.45) is 0 Å². The number of benzene rings is 1. The van der Waals surface area contributed by atoms with E-state index in [0.29, 0.717) is 43.0 Å². The second-order valence-electron chi connectivity index (χ2n) is 5.81. The molecule has 1 aromatic carbocycles. The number of anilines is 1. The summed E-state index contributed by atoms with van der Waals surface area (Å²) in [6.45, 7) is 3.23. The minimum Gasteiger partial charge on any atom is -0.472 e. The molecule has 1 amide bonds. The van der Waals surface area contributed by atoms with E-state index in [4.69, 9.17) is 4.42 Å². The van der Waals surface area contributed by atoms with E-state index in [2.05, 4.69) is 0 Å². The number of furan rings is 1. The summed E-state index contributed by atoms with van der Waals surface area (Å²) >= 11 is 0. The average molecular weight is 343 g/mol. The molecule has 0 saturated carbocycles. The van der Waals surface area contributed by atoms with Crippen LogP contribution < -0.4 is 4.90 Å². The molecule has 8 nitrogen and oxygen atoms in total. The van der Waals surface area contributed by atoms with Crippen molar-refractivity contribution >= 4 is 23.1 Å². The van der Waals surface area contributed by atoms with Gasteiger partial charge in [0.05, 0.1) is 16.7 Å². The Balaban J connectivity index is 1.75. The van der Waals surface area contributed by atoms with Crippen molar-refractivity contribution in [2.45, 2.75) is 6.92 Å². The average Bonchev–Trinajstić information content (AvgIpc) is 3.15. The molecule has 2 heterocycles. The predicted octanol–water partition coefficient (Wildman–Crippen LogP) is 2.35. The van der Waals surface area contributed by atoms with Crippen LogP contribution in [0.4, 0.5) is 11.4 Å². The molecule has 2 aromatic rings. The van der Waals surface area contributed by atoms with Gasteiger partial charge in [0.1, 0.15) is 12.0 Å². The van der Waals surface area contributed by atoms with Crippen LogP contribution in [-0.2, 0) is 0 Å². The van der Waals surface area contributed by atoms with Gasteiger partial charge in [-0.2, -0.15) is 0 Å². The van der Waals surface area contributed by atoms with Gasteiger partial charge in [-0.3, -0.25) is 19.7 Å². The highest BCUT2D eigenvalue weighted by molar-refractivity contribution is 5.96. The summed E-state index contributed by atoms with van der Waals surface area (Å²) in [6.07, 6.45) is 2.85. The molecule has 0 aliphatic carbocycles. The summed E-state index contributed by atoms with van der Waals surface area (Å²) < 4.78 is 4.93. The van der Waals surface area contributed by atoms with E-state index in [1.54, 1.807) is 23.1 Å². The number of amides is 1. The lowest BCUT2D eigenvalue weighted by Gasteiger charge is -2.35. The van der Waals surface area contributed by atoms with Crippen molar-refractivity contribution < 1.29 is 18.9 Å². The monoisotopic (exact) mass is 343 g/mol. The van der Waals surface area contributed by atoms with Gasteiger partial charge in [0.2, 0.25) is 0 Å². The molecular formula is C17H17N3O5. The molecule has 0 bridgehead atoms. The Hall–Kier alpha value is -3.16. The number of rotatable bonds is 4. The maximum absolute atomic E-state index is 12.3. The third kappa shape index (κ3) is 3.37. The van der Waals surface area contributed by atoms with E-state index in [1.165, 1.54) is 25.5 Å². The fraction of sp³-hybridized carbons (Fsp3) is 0.294. The molecule has 8 heteroatoms. The number of carbonyl (C=O) groups excluding carboxylic acids is 2. The first-order valence-corrected chi connectivity index (χ1v) is 7.83. The van der Waals surface area contributed by atoms with Crippen molar-refractivity contribution in [1.82, 2.24) is 4.90 Å². The molecule has 1 fully saturated rings. The van der Waals surface area contributed by atoms with Crippen molar-refractivity contribution in [1.29, 1.82) is 0 Å². The number of hydrogen-bond donors (Lipinski definition) is 0. The maximum Gasteiger partial charge on any atom is 0.293 e. The van der Waals surface area contributed by atoms with Gasteiger partial charge in [-0.1, -0.05) is 0 Å². The standard InChI is InChI=1S/C17H17N3O5/c1-12(21)13-2-3-15(16(10-13)20(23)24)18-5-7-19(8-6-18)17(22)14-4-9-25-11-14/h2-4,9-11H,5-8H2,1H3. The largest absolute Gasteiger partial charge is 0.472 e. The molecule has 1 aliphatic rings. The quantitative estimate of drug-likeness (QED) is 0.480. The molecule has 1 aromatic heterocycles. The number of ketones is 1. The number of piperazine rings is 1. The van der Waals surface area contributed by atoms with Crippen molar-refractivity contribution in [2.75, 3.05) is 31.1 Å². The summed E-state index contributed by atoms with van der Waals surface area (Å²) in [7, 11) is 0. The highest BCUT2D eigenvalue weighted by atomic mass is 16.6. The van der Waals surface area contributed by atoms with E-state index < -0.39 is 4.92 Å². The minimum absolute atomic E-state index is 0.0951. The summed E-state index contributed by atoms with van der Waals surface area (Å²) in [5.41, 5.74) is 1.17. The summed E-state index contributed by atoms with van der Waals surface area (Å²) in [5.74, 6) is -0.333. The van der Waals surface area contributed by atoms with Gasteiger partial charge in [0.25, 0.3) is 11.6 Å². The van der Waals surface area contributed by atoms with Crippen LogP contribution in [0.15, 0.2) is 41.2 Å². The third-order valence-corrected chi connectivity index (χ3v) is 4.25. The van der Waals surface area contributed by atoms with Crippen LogP contribution in [0.1, 0.15) is 27.6 Å². The number of carbonyl (C=O) groups is 2. The molecule has 25 heavy (non-hydrogen) atoms. The zero-order valence-corrected chi connectivity index (χ0v) is 13.7. The van der Waals surface area contributed by atoms with Crippen LogP contribution >= 0.6 is 0 Å². The molecular weight excluding hydrogens is 326 g/mol. The second kappa shape index (κ2) is 6.76. The van der Waals surface area contributed by atoms with Crippen LogP contribution in [0, 0.1) is 10.1 Å². The normalized spacial score (nSPS) is 14.4. The zero-order chi connectivity index (χ0) is 18.0. The number of Topliss-reactive ketones (excluding diaryl/α,β-unsaturated/α-hetero) is 1. The predicted molar refractivity (Wildman–Crippen MR) is 89.9 cm³/mol. The lowest BCUT2D eigenvalue weighted by molar-refractivity contribution is -0.384. The van der Waals surface area contributed by atoms with E-state index in [9.17, 15) is 19.7 Å². The van der Waals surface area contributed by atoms with Gasteiger partial charge in [0, 0.05) is 37.8 Å². The van der Waals surface area contributed by atoms with Crippen LogP contribution in [0.5, 0.6) is 0 Å². The number of nitrogens with zero attached hydrogens (tertiary/aromatic N) is 3. The molecule has 0 atom stereocenters. The van der Waals surface area contributed by atoms with Crippen molar-refractivity contribution in [3.05, 3.63) is 58.0 Å². The first-order chi connectivity index (χ1) is 12.0. The molecule has 3 rings (SSSR count). The van der Waals surface area contributed by atoms with E-state index in [-0.39, 0.29) is 17.4 Å². The van der Waals surface area contributed by atoms with Gasteiger partial charge >= 0.3 is 0 Å². The summed E-state index contributed by atoms with van der Waals surface area (Å²) in [4.78, 5) is 38.2. The Morgan fingerprint density at radius 3 is 2.40 bits per heavy atom. The fourth-order valence-electron chi connectivity index (χ4n) is 2.88. The smallest absolute Gasteiger partial charge is 0.293 e. The Morgan fingerprint density at radius 2 is 1.84 bits per heavy atom. The highest BCUT2D eigenvalue weighted by Gasteiger charge is 2.27. The SMILES string of the molecule is CC(=O)c1ccc(N2CCN(C(=O)c3ccoc3)CC2)c([N+](=O)[O-])c1. The van der Waals surface area contributed by atoms with Crippen LogP contribution in [0.2, 0.25) is 0 Å². The lowest BCUT2D eigenvalue weighted by Crippen LogP contribution is -2.48. The second-order valence-corrected chi connectivity index (χ2v) is 5.81. The molecule has 1 saturated heterocycles. The Labute approximate surface area is 143 Å². The van der Waals surface area contributed by atoms with Gasteiger partial charge in [-0.05, 0) is 25.1 Å². The van der Waals surface area contributed by atoms with Gasteiger partial charge in [-0.15, -0.1) is 0 Å². The Bertz CT molecular complexity index is 808. The highest BCUT2D eigenvalue weighted by Crippen LogP contribution is 2.30. The summed E-state index contributed by atoms with van der Waals surface area (Å²) in [5, 5.41) is 11.4. The Kier molecular flexibility index (Phi) is 4.51. The molecule has 130 valence electrons. The van der Waals surface area contributed by atoms with Crippen molar-refractivity contribution in [3.63, 3.8) is 0 Å². The van der Waals surface area contributed by atoms with Crippen LogP contribution in [0.3, 0.4) is 0 Å². The molecule has 0 radical (unpaired) electrons. The number of hydrogen-bond acceptors (Lipinski definition) is 6. The zero-order valence-electron chi connectivity index (χ0n) is 13.7. The fourth-order valence-corrected chi connectivity index (χ4v) is 2.88. The first kappa shape index (κ1) is 16.7. The van der Waals surface area contributed by atoms with Gasteiger partial charge in [-0.25, -0.2) is 0 Å². The molecule has 0 spiro atoms. The third-order valence-electron chi connectivity index (χ3n) is 4.25. The first-order valence-electron chi connectivity index (χ1n) is 7.83. The number of nitro benzene ring substituents is 1. The molecule has 1 aliphatic heterocycles. The molecule has 0 N–H and O–H groups in total. The summed E-state index contributed by atoms with van der Waals surface area (Å²) in [6, 6.07) is 6.11. The minimum atomic E-state index is -0.481. The van der Waals surface area contributed by atoms with E-state index in [1.807, 2.05) is 4.90 Å². The molecule has 0 unspecified atom stereocenters. The maximum atomic E-state index is 12.3. The van der Waals surface area contributed by atoms with Crippen molar-refractivity contribution in [3.8, 4) is 0 Å². The lowest BCUT2D eigenvalue weighted by atomic mass is 10.1. The van der Waals surface area contributed by atoms with Crippen LogP contribution in [0.25, 0.3) is 0 Å². The van der Waals surface area contributed by atoms with E-state index >= 15 is 0 Å². The van der Waals surface area contributed by atoms with E-state index in [0.717, 1.165) is 0 Å². The van der Waals surface area contributed by atoms with Crippen LogP contribution in [-0.4, -0.2) is 47.7 Å². The number of nitro groups is 1. The Morgan fingerprint density at radius 1 is 1.12 bits per heavy atom. The topological polar surface area (TPSA) is 96.9 Å². The van der Waals surface area contributed by atoms with Gasteiger partial charge in [0.15, 0.2) is 5.78 Å². The van der Waals surface area contributed by atoms with Gasteiger partial charge < -0.3 is 14.2 Å².